The molecular weight excluding hydrogens is 178 g/mol. The van der Waals surface area contributed by atoms with E-state index in [4.69, 9.17) is 0 Å². The molecule has 0 aromatic carbocycles. The van der Waals surface area contributed by atoms with Gasteiger partial charge in [-0.1, -0.05) is 19.4 Å². The molecule has 2 N–H and O–H groups in total. The van der Waals surface area contributed by atoms with Crippen LogP contribution >= 0.6 is 0 Å². The molecule has 1 amide bonds. The van der Waals surface area contributed by atoms with E-state index in [0.717, 1.165) is 19.4 Å². The van der Waals surface area contributed by atoms with Gasteiger partial charge in [0, 0.05) is 12.7 Å². The van der Waals surface area contributed by atoms with Crippen LogP contribution in [0.25, 0.3) is 0 Å². The highest BCUT2D eigenvalue weighted by molar-refractivity contribution is 5.91. The molecule has 1 aromatic heterocycles. The molecule has 0 saturated heterocycles. The average molecular weight is 193 g/mol. The van der Waals surface area contributed by atoms with Crippen molar-refractivity contribution >= 4 is 5.91 Å². The van der Waals surface area contributed by atoms with Crippen molar-refractivity contribution in [3.8, 4) is 0 Å². The molecule has 0 aliphatic rings. The number of unbranched alkanes of at least 4 members (excludes halogenated alkanes) is 1. The lowest BCUT2D eigenvalue weighted by Crippen LogP contribution is -2.38. The number of nitrogens with one attached hydrogen (secondary N) is 2. The van der Waals surface area contributed by atoms with Crippen molar-refractivity contribution in [1.29, 1.82) is 0 Å². The smallest absolute Gasteiger partial charge is 0.283 e. The maximum Gasteiger partial charge on any atom is 0.283 e. The zero-order valence-corrected chi connectivity index (χ0v) is 8.29. The number of aromatic nitrogens is 1. The van der Waals surface area contributed by atoms with Gasteiger partial charge in [0.2, 0.25) is 0 Å². The van der Waals surface area contributed by atoms with Gasteiger partial charge in [-0.05, 0) is 18.6 Å². The predicted molar refractivity (Wildman–Crippen MR) is 54.6 cm³/mol. The minimum atomic E-state index is -0.193. The minimum Gasteiger partial charge on any atom is -0.286 e. The van der Waals surface area contributed by atoms with E-state index in [0.29, 0.717) is 5.69 Å². The van der Waals surface area contributed by atoms with E-state index in [-0.39, 0.29) is 5.91 Å². The second-order valence-corrected chi connectivity index (χ2v) is 2.95. The standard InChI is InChI=1S/C10H15N3O/c1-2-3-8-12-13-10(14)9-6-4-5-7-11-9/h4-7,12H,2-3,8H2,1H3,(H,13,14). The maximum absolute atomic E-state index is 11.4. The van der Waals surface area contributed by atoms with E-state index in [1.54, 1.807) is 24.4 Å². The van der Waals surface area contributed by atoms with Crippen molar-refractivity contribution in [3.63, 3.8) is 0 Å². The molecule has 0 aliphatic heterocycles. The van der Waals surface area contributed by atoms with Crippen LogP contribution < -0.4 is 10.9 Å². The highest BCUT2D eigenvalue weighted by Crippen LogP contribution is 1.91. The van der Waals surface area contributed by atoms with E-state index >= 15 is 0 Å². The first-order valence-electron chi connectivity index (χ1n) is 4.79. The van der Waals surface area contributed by atoms with E-state index < -0.39 is 0 Å². The third-order valence-electron chi connectivity index (χ3n) is 1.75. The van der Waals surface area contributed by atoms with Crippen LogP contribution in [0.5, 0.6) is 0 Å². The van der Waals surface area contributed by atoms with Crippen molar-refractivity contribution in [3.05, 3.63) is 30.1 Å². The van der Waals surface area contributed by atoms with Gasteiger partial charge in [-0.2, -0.15) is 0 Å². The number of hydrazine groups is 1. The van der Waals surface area contributed by atoms with Crippen LogP contribution in [0.15, 0.2) is 24.4 Å². The van der Waals surface area contributed by atoms with Crippen LogP contribution in [-0.4, -0.2) is 17.4 Å². The summed E-state index contributed by atoms with van der Waals surface area (Å²) in [6, 6.07) is 5.24. The average Bonchev–Trinajstić information content (AvgIpc) is 2.25. The van der Waals surface area contributed by atoms with Crippen molar-refractivity contribution in [2.24, 2.45) is 0 Å². The van der Waals surface area contributed by atoms with Crippen molar-refractivity contribution in [2.45, 2.75) is 19.8 Å². The molecule has 0 bridgehead atoms. The number of nitrogens with zero attached hydrogens (tertiary/aromatic N) is 1. The van der Waals surface area contributed by atoms with Gasteiger partial charge in [0.15, 0.2) is 0 Å². The van der Waals surface area contributed by atoms with Crippen molar-refractivity contribution < 1.29 is 4.79 Å². The second-order valence-electron chi connectivity index (χ2n) is 2.95. The molecule has 1 heterocycles. The molecule has 4 heteroatoms. The van der Waals surface area contributed by atoms with Gasteiger partial charge in [0.1, 0.15) is 5.69 Å². The number of rotatable bonds is 5. The molecule has 0 spiro atoms. The Morgan fingerprint density at radius 1 is 1.50 bits per heavy atom. The molecule has 0 atom stereocenters. The highest BCUT2D eigenvalue weighted by atomic mass is 16.2. The number of pyridine rings is 1. The number of amides is 1. The van der Waals surface area contributed by atoms with Gasteiger partial charge >= 0.3 is 0 Å². The molecule has 1 rings (SSSR count). The lowest BCUT2D eigenvalue weighted by molar-refractivity contribution is 0.0928. The Balaban J connectivity index is 2.29. The zero-order chi connectivity index (χ0) is 10.2. The molecule has 0 aliphatic carbocycles. The Morgan fingerprint density at radius 2 is 2.36 bits per heavy atom. The zero-order valence-electron chi connectivity index (χ0n) is 8.29. The summed E-state index contributed by atoms with van der Waals surface area (Å²) in [7, 11) is 0. The molecule has 1 aromatic rings. The Morgan fingerprint density at radius 3 is 3.00 bits per heavy atom. The first-order chi connectivity index (χ1) is 6.84. The largest absolute Gasteiger partial charge is 0.286 e. The Bertz CT molecular complexity index is 274. The molecule has 0 saturated carbocycles. The van der Waals surface area contributed by atoms with Gasteiger partial charge in [-0.25, -0.2) is 5.43 Å². The normalized spacial score (nSPS) is 9.79. The van der Waals surface area contributed by atoms with Gasteiger partial charge in [-0.3, -0.25) is 15.2 Å². The summed E-state index contributed by atoms with van der Waals surface area (Å²) < 4.78 is 0. The number of hydrogen-bond donors (Lipinski definition) is 2. The molecule has 14 heavy (non-hydrogen) atoms. The molecule has 0 fully saturated rings. The van der Waals surface area contributed by atoms with Crippen LogP contribution in [0.2, 0.25) is 0 Å². The summed E-state index contributed by atoms with van der Waals surface area (Å²) >= 11 is 0. The monoisotopic (exact) mass is 193 g/mol. The third kappa shape index (κ3) is 3.53. The van der Waals surface area contributed by atoms with E-state index in [9.17, 15) is 4.79 Å². The van der Waals surface area contributed by atoms with Gasteiger partial charge in [-0.15, -0.1) is 0 Å². The van der Waals surface area contributed by atoms with Gasteiger partial charge in [0.25, 0.3) is 5.91 Å². The molecule has 76 valence electrons. The fraction of sp³-hybridized carbons (Fsp3) is 0.400. The highest BCUT2D eigenvalue weighted by Gasteiger charge is 2.03. The predicted octanol–water partition coefficient (Wildman–Crippen LogP) is 1.12. The van der Waals surface area contributed by atoms with Crippen LogP contribution in [0.3, 0.4) is 0 Å². The van der Waals surface area contributed by atoms with Crippen LogP contribution in [0.4, 0.5) is 0 Å². The van der Waals surface area contributed by atoms with E-state index in [1.807, 2.05) is 0 Å². The summed E-state index contributed by atoms with van der Waals surface area (Å²) in [6.45, 7) is 2.89. The maximum atomic E-state index is 11.4. The van der Waals surface area contributed by atoms with E-state index in [1.165, 1.54) is 0 Å². The second kappa shape index (κ2) is 6.10. The van der Waals surface area contributed by atoms with Crippen molar-refractivity contribution in [1.82, 2.24) is 15.8 Å². The molecular formula is C10H15N3O. The fourth-order valence-electron chi connectivity index (χ4n) is 0.969. The van der Waals surface area contributed by atoms with E-state index in [2.05, 4.69) is 22.8 Å². The Hall–Kier alpha value is -1.42. The molecule has 0 radical (unpaired) electrons. The molecule has 4 nitrogen and oxygen atoms in total. The Kier molecular flexibility index (Phi) is 4.64. The fourth-order valence-corrected chi connectivity index (χ4v) is 0.969. The van der Waals surface area contributed by atoms with Crippen molar-refractivity contribution in [2.75, 3.05) is 6.54 Å². The summed E-state index contributed by atoms with van der Waals surface area (Å²) in [4.78, 5) is 15.3. The van der Waals surface area contributed by atoms with Gasteiger partial charge < -0.3 is 0 Å². The first-order valence-corrected chi connectivity index (χ1v) is 4.79. The lowest BCUT2D eigenvalue weighted by atomic mass is 10.3. The lowest BCUT2D eigenvalue weighted by Gasteiger charge is -2.05. The summed E-state index contributed by atoms with van der Waals surface area (Å²) in [6.07, 6.45) is 3.75. The quantitative estimate of drug-likeness (QED) is 0.544. The topological polar surface area (TPSA) is 54.0 Å². The number of carbonyl (C=O) groups excluding carboxylic acids is 1. The Labute approximate surface area is 83.7 Å². The minimum absolute atomic E-state index is 0.193. The van der Waals surface area contributed by atoms with Gasteiger partial charge in [0.05, 0.1) is 0 Å². The van der Waals surface area contributed by atoms with Crippen LogP contribution in [-0.2, 0) is 0 Å². The van der Waals surface area contributed by atoms with Crippen LogP contribution in [0, 0.1) is 0 Å². The SMILES string of the molecule is CCCCNNC(=O)c1ccccn1. The van der Waals surface area contributed by atoms with Crippen LogP contribution in [0.1, 0.15) is 30.3 Å². The summed E-state index contributed by atoms with van der Waals surface area (Å²) in [5, 5.41) is 0. The first kappa shape index (κ1) is 10.7. The number of hydrogen-bond acceptors (Lipinski definition) is 3. The third-order valence-corrected chi connectivity index (χ3v) is 1.75. The molecule has 0 unspecified atom stereocenters. The summed E-state index contributed by atoms with van der Waals surface area (Å²) in [5.74, 6) is -0.193. The number of carbonyl (C=O) groups is 1. The summed E-state index contributed by atoms with van der Waals surface area (Å²) in [5.41, 5.74) is 5.85.